The number of hydrogen-bond donors (Lipinski definition) is 2. The van der Waals surface area contributed by atoms with E-state index >= 15 is 0 Å². The van der Waals surface area contributed by atoms with Gasteiger partial charge in [-0.25, -0.2) is 14.2 Å². The van der Waals surface area contributed by atoms with E-state index in [2.05, 4.69) is 5.32 Å². The van der Waals surface area contributed by atoms with E-state index < -0.39 is 41.1 Å². The molecule has 0 unspecified atom stereocenters. The number of nitrogens with zero attached hydrogens (tertiary/aromatic N) is 3. The molecule has 7 rings (SSSR count). The first-order valence-corrected chi connectivity index (χ1v) is 19.2. The Hall–Kier alpha value is -5.40. The molecule has 2 fully saturated rings. The minimum Gasteiger partial charge on any atom is -1.00 e. The third-order valence-electron chi connectivity index (χ3n) is 9.46. The van der Waals surface area contributed by atoms with Gasteiger partial charge in [-0.3, -0.25) is 14.5 Å². The molecule has 3 aliphatic heterocycles. The van der Waals surface area contributed by atoms with Gasteiger partial charge in [-0.05, 0) is 67.7 Å². The quantitative estimate of drug-likeness (QED) is 0.108. The maximum atomic E-state index is 14.4. The number of thioether (sulfide) groups is 1. The Bertz CT molecular complexity index is 2120. The molecule has 2 saturated heterocycles. The van der Waals surface area contributed by atoms with Gasteiger partial charge < -0.3 is 41.8 Å². The fourth-order valence-electron chi connectivity index (χ4n) is 6.87. The van der Waals surface area contributed by atoms with Gasteiger partial charge in [-0.2, -0.15) is 0 Å². The summed E-state index contributed by atoms with van der Waals surface area (Å²) in [5, 5.41) is 11.9. The number of halogens is 1. The first kappa shape index (κ1) is 40.3. The van der Waals surface area contributed by atoms with Gasteiger partial charge in [0.2, 0.25) is 5.91 Å². The van der Waals surface area contributed by atoms with Crippen molar-refractivity contribution < 1.29 is 55.3 Å². The summed E-state index contributed by atoms with van der Waals surface area (Å²) in [6, 6.07) is 28.9. The van der Waals surface area contributed by atoms with Crippen LogP contribution < -0.4 is 26.9 Å². The highest BCUT2D eigenvalue weighted by molar-refractivity contribution is 8.00. The highest BCUT2D eigenvalue weighted by Gasteiger charge is 2.55. The van der Waals surface area contributed by atoms with Crippen LogP contribution in [0.3, 0.4) is 0 Å². The van der Waals surface area contributed by atoms with Crippen molar-refractivity contribution in [3.8, 4) is 5.75 Å². The summed E-state index contributed by atoms with van der Waals surface area (Å²) in [5.74, 6) is -0.788. The zero-order valence-electron chi connectivity index (χ0n) is 31.3. The number of carbonyl (C=O) groups is 4. The van der Waals surface area contributed by atoms with Crippen LogP contribution in [-0.4, -0.2) is 68.1 Å². The zero-order chi connectivity index (χ0) is 38.7. The molecule has 3 aromatic carbocycles. The number of likely N-dealkylation sites (tertiary alicyclic amines) is 1. The number of nitrogens with one attached hydrogen (secondary N) is 1. The normalized spacial score (nSPS) is 18.7. The Morgan fingerprint density at radius 1 is 0.946 bits per heavy atom. The van der Waals surface area contributed by atoms with Crippen molar-refractivity contribution in [2.75, 3.05) is 12.3 Å². The number of aromatic nitrogens is 1. The van der Waals surface area contributed by atoms with Gasteiger partial charge in [0.25, 0.3) is 5.91 Å². The second kappa shape index (κ2) is 17.2. The first-order chi connectivity index (χ1) is 26.4. The van der Waals surface area contributed by atoms with Gasteiger partial charge in [0.1, 0.15) is 28.5 Å². The van der Waals surface area contributed by atoms with Crippen molar-refractivity contribution in [1.29, 1.82) is 0 Å². The molecule has 0 saturated carbocycles. The zero-order valence-corrected chi connectivity index (χ0v) is 33.7. The lowest BCUT2D eigenvalue weighted by molar-refractivity contribution is -0.688. The lowest BCUT2D eigenvalue weighted by Gasteiger charge is -2.49. The Labute approximate surface area is 340 Å². The highest BCUT2D eigenvalue weighted by atomic mass is 79.9. The predicted molar refractivity (Wildman–Crippen MR) is 206 cm³/mol. The second-order valence-electron chi connectivity index (χ2n) is 14.7. The van der Waals surface area contributed by atoms with Gasteiger partial charge in [0.05, 0.1) is 0 Å². The third kappa shape index (κ3) is 9.17. The largest absolute Gasteiger partial charge is 1.00 e. The Morgan fingerprint density at radius 3 is 2.23 bits per heavy atom. The molecule has 56 heavy (non-hydrogen) atoms. The molecule has 2 N–H and O–H groups in total. The molecule has 0 radical (unpaired) electrons. The van der Waals surface area contributed by atoms with Crippen molar-refractivity contribution >= 4 is 35.6 Å². The second-order valence-corrected chi connectivity index (χ2v) is 15.8. The summed E-state index contributed by atoms with van der Waals surface area (Å²) in [6.45, 7) is 6.73. The molecule has 3 amide bonds. The molecule has 2 atom stereocenters. The summed E-state index contributed by atoms with van der Waals surface area (Å²) in [4.78, 5) is 57.8. The van der Waals surface area contributed by atoms with Crippen LogP contribution in [0, 0.1) is 0 Å². The minimum absolute atomic E-state index is 0. The number of hydrogen-bond acceptors (Lipinski definition) is 8. The smallest absolute Gasteiger partial charge is 0.408 e. The number of alkyl carbamates (subject to hydrolysis) is 1. The van der Waals surface area contributed by atoms with Crippen LogP contribution in [0.5, 0.6) is 5.75 Å². The van der Waals surface area contributed by atoms with Crippen molar-refractivity contribution in [2.45, 2.75) is 63.4 Å². The van der Waals surface area contributed by atoms with E-state index in [1.54, 1.807) is 43.9 Å². The predicted octanol–water partition coefficient (Wildman–Crippen LogP) is 2.79. The van der Waals surface area contributed by atoms with Gasteiger partial charge in [0.15, 0.2) is 25.0 Å². The molecule has 0 bridgehead atoms. The highest BCUT2D eigenvalue weighted by Crippen LogP contribution is 2.43. The van der Waals surface area contributed by atoms with Crippen molar-refractivity contribution in [3.05, 3.63) is 155 Å². The average molecular weight is 840 g/mol. The van der Waals surface area contributed by atoms with Crippen molar-refractivity contribution in [3.63, 3.8) is 0 Å². The summed E-state index contributed by atoms with van der Waals surface area (Å²) in [6.07, 6.45) is 4.62. The number of pyridine rings is 1. The standard InChI is InChI=1S/C43H42N4O7S.BrH/c1-43(2,3)54-42(52)44-35-39(50)47-36(41(51)53-37(30-12-6-4-7-13-30)31-14-8-5-9-15-31)33(27-55-40(35)47)24-32-19-22-46(38(32)49)26-28-17-20-45(21-18-28)25-29-11-10-16-34(48)23-29;/h4-18,20-21,23-24,35,37,40H,19,22,25-27H2,1-3H3,(H-,44,48,52);1H/b32-24+;/t35-,40-;/m1./s1. The summed E-state index contributed by atoms with van der Waals surface area (Å²) >= 11 is 1.40. The minimum atomic E-state index is -0.899. The number of fused-ring (bicyclic) bond motifs is 1. The number of ether oxygens (including phenoxy) is 2. The molecule has 4 heterocycles. The topological polar surface area (TPSA) is 129 Å². The summed E-state index contributed by atoms with van der Waals surface area (Å²) in [7, 11) is 0. The van der Waals surface area contributed by atoms with Gasteiger partial charge in [-0.15, -0.1) is 11.8 Å². The maximum Gasteiger partial charge on any atom is 0.408 e. The summed E-state index contributed by atoms with van der Waals surface area (Å²) < 4.78 is 13.7. The fourth-order valence-corrected chi connectivity index (χ4v) is 8.18. The van der Waals surface area contributed by atoms with Crippen LogP contribution >= 0.6 is 11.8 Å². The van der Waals surface area contributed by atoms with E-state index in [0.717, 1.165) is 22.3 Å². The molecular weight excluding hydrogens is 796 g/mol. The molecule has 13 heteroatoms. The number of amides is 3. The number of allylic oxidation sites excluding steroid dienone is 1. The van der Waals surface area contributed by atoms with Gasteiger partial charge >= 0.3 is 12.1 Å². The van der Waals surface area contributed by atoms with Crippen molar-refractivity contribution in [2.24, 2.45) is 0 Å². The lowest BCUT2D eigenvalue weighted by atomic mass is 10.00. The fraction of sp³-hybridized carbons (Fsp3) is 0.279. The number of phenolic OH excluding ortho intramolecular Hbond substituents is 1. The number of esters is 1. The number of aromatic hydroxyl groups is 1. The van der Waals surface area contributed by atoms with E-state index in [1.165, 1.54) is 16.7 Å². The number of β-lactam (4-membered cyclic amide) rings is 1. The van der Waals surface area contributed by atoms with Crippen LogP contribution in [0.15, 0.2) is 132 Å². The van der Waals surface area contributed by atoms with E-state index in [4.69, 9.17) is 9.47 Å². The van der Waals surface area contributed by atoms with Crippen LogP contribution in [0.2, 0.25) is 0 Å². The Balaban J connectivity index is 0.00000532. The molecule has 0 spiro atoms. The SMILES string of the molecule is CC(C)(C)OC(=O)N[C@@H]1C(=O)N2C(C(=O)OC(c3ccccc3)c3ccccc3)=C(/C=C3\CCN(Cc4cc[n+](Cc5cccc(O)c5)cc4)C3=O)CS[C@H]12.[Br-]. The Morgan fingerprint density at radius 2 is 1.61 bits per heavy atom. The molecule has 1 aromatic heterocycles. The molecule has 11 nitrogen and oxygen atoms in total. The number of carbonyl (C=O) groups excluding carboxylic acids is 4. The van der Waals surface area contributed by atoms with E-state index in [9.17, 15) is 24.3 Å². The average Bonchev–Trinajstić information content (AvgIpc) is 3.50. The van der Waals surface area contributed by atoms with E-state index in [1.807, 2.05) is 102 Å². The molecule has 3 aliphatic rings. The Kier molecular flexibility index (Phi) is 12.3. The van der Waals surface area contributed by atoms with Crippen LogP contribution in [0.4, 0.5) is 4.79 Å². The number of benzene rings is 3. The molecule has 4 aromatic rings. The summed E-state index contributed by atoms with van der Waals surface area (Å²) in [5.41, 5.74) is 3.80. The number of phenols is 1. The van der Waals surface area contributed by atoms with Crippen LogP contribution in [-0.2, 0) is 36.9 Å². The molecular formula is C43H43BrN4O7S. The lowest BCUT2D eigenvalue weighted by Crippen LogP contribution is -3.00. The van der Waals surface area contributed by atoms with Crippen molar-refractivity contribution in [1.82, 2.24) is 15.1 Å². The molecule has 0 aliphatic carbocycles. The first-order valence-electron chi connectivity index (χ1n) is 18.2. The van der Waals surface area contributed by atoms with Gasteiger partial charge in [0, 0.05) is 42.1 Å². The number of rotatable bonds is 10. The van der Waals surface area contributed by atoms with Crippen LogP contribution in [0.1, 0.15) is 55.5 Å². The third-order valence-corrected chi connectivity index (χ3v) is 10.8. The van der Waals surface area contributed by atoms with E-state index in [0.29, 0.717) is 43.0 Å². The van der Waals surface area contributed by atoms with Gasteiger partial charge in [-0.1, -0.05) is 72.8 Å². The molecule has 290 valence electrons. The van der Waals surface area contributed by atoms with E-state index in [-0.39, 0.29) is 34.3 Å². The van der Waals surface area contributed by atoms with Crippen LogP contribution in [0.25, 0.3) is 0 Å². The maximum absolute atomic E-state index is 14.4. The monoisotopic (exact) mass is 838 g/mol.